The molecular formula is C20H24N2O2S. The third kappa shape index (κ3) is 4.55. The summed E-state index contributed by atoms with van der Waals surface area (Å²) in [5.41, 5.74) is 1.25. The predicted octanol–water partition coefficient (Wildman–Crippen LogP) is 3.62. The maximum Gasteiger partial charge on any atom is 0.222 e. The van der Waals surface area contributed by atoms with E-state index in [2.05, 4.69) is 24.1 Å². The van der Waals surface area contributed by atoms with Crippen molar-refractivity contribution in [2.24, 2.45) is 0 Å². The van der Waals surface area contributed by atoms with Gasteiger partial charge in [-0.3, -0.25) is 14.5 Å². The Balaban J connectivity index is 1.51. The highest BCUT2D eigenvalue weighted by Gasteiger charge is 2.28. The zero-order valence-electron chi connectivity index (χ0n) is 14.6. The zero-order chi connectivity index (χ0) is 17.6. The fourth-order valence-electron chi connectivity index (χ4n) is 3.25. The first-order valence-corrected chi connectivity index (χ1v) is 9.63. The van der Waals surface area contributed by atoms with Crippen molar-refractivity contribution < 1.29 is 9.59 Å². The summed E-state index contributed by atoms with van der Waals surface area (Å²) in [6.45, 7) is 2.36. The molecule has 1 aliphatic rings. The van der Waals surface area contributed by atoms with Crippen molar-refractivity contribution in [2.75, 3.05) is 26.7 Å². The van der Waals surface area contributed by atoms with Crippen molar-refractivity contribution in [1.82, 2.24) is 9.80 Å². The standard InChI is InChI=1S/C20H24N2O2S/c1-21-12-13-22(15-17(21)16-7-3-2-4-8-16)20(24)11-5-9-18(23)19-10-6-14-25-19/h2-4,6-8,10,14,17H,5,9,11-13,15H2,1H3. The molecule has 1 saturated heterocycles. The molecule has 1 amide bonds. The van der Waals surface area contributed by atoms with E-state index in [9.17, 15) is 9.59 Å². The monoisotopic (exact) mass is 356 g/mol. The lowest BCUT2D eigenvalue weighted by Gasteiger charge is -2.39. The number of carbonyl (C=O) groups excluding carboxylic acids is 2. The van der Waals surface area contributed by atoms with Gasteiger partial charge in [0.25, 0.3) is 0 Å². The second kappa shape index (κ2) is 8.41. The number of carbonyl (C=O) groups is 2. The molecule has 132 valence electrons. The number of likely N-dealkylation sites (N-methyl/N-ethyl adjacent to an activating group) is 1. The van der Waals surface area contributed by atoms with E-state index in [0.29, 0.717) is 19.3 Å². The van der Waals surface area contributed by atoms with E-state index in [1.54, 1.807) is 0 Å². The van der Waals surface area contributed by atoms with Crippen molar-refractivity contribution in [3.8, 4) is 0 Å². The molecule has 2 heterocycles. The predicted molar refractivity (Wildman–Crippen MR) is 101 cm³/mol. The number of amides is 1. The Morgan fingerprint density at radius 1 is 1.08 bits per heavy atom. The molecule has 5 heteroatoms. The molecule has 0 saturated carbocycles. The molecule has 0 spiro atoms. The lowest BCUT2D eigenvalue weighted by Crippen LogP contribution is -2.48. The topological polar surface area (TPSA) is 40.6 Å². The molecule has 4 nitrogen and oxygen atoms in total. The summed E-state index contributed by atoms with van der Waals surface area (Å²) in [7, 11) is 2.11. The molecule has 3 rings (SSSR count). The molecular weight excluding hydrogens is 332 g/mol. The van der Waals surface area contributed by atoms with Gasteiger partial charge >= 0.3 is 0 Å². The number of hydrogen-bond acceptors (Lipinski definition) is 4. The van der Waals surface area contributed by atoms with Crippen LogP contribution in [-0.2, 0) is 4.79 Å². The summed E-state index contributed by atoms with van der Waals surface area (Å²) in [6, 6.07) is 14.3. The molecule has 0 N–H and O–H groups in total. The van der Waals surface area contributed by atoms with E-state index >= 15 is 0 Å². The van der Waals surface area contributed by atoms with E-state index in [4.69, 9.17) is 0 Å². The van der Waals surface area contributed by atoms with E-state index in [0.717, 1.165) is 24.5 Å². The normalized spacial score (nSPS) is 18.3. The largest absolute Gasteiger partial charge is 0.339 e. The fraction of sp³-hybridized carbons (Fsp3) is 0.400. The van der Waals surface area contributed by atoms with Crippen LogP contribution in [0.3, 0.4) is 0 Å². The van der Waals surface area contributed by atoms with Crippen molar-refractivity contribution in [2.45, 2.75) is 25.3 Å². The van der Waals surface area contributed by atoms with Gasteiger partial charge in [0.2, 0.25) is 5.91 Å². The summed E-state index contributed by atoms with van der Waals surface area (Å²) >= 11 is 1.47. The first-order valence-electron chi connectivity index (χ1n) is 8.75. The van der Waals surface area contributed by atoms with E-state index < -0.39 is 0 Å². The van der Waals surface area contributed by atoms with Gasteiger partial charge in [-0.05, 0) is 30.5 Å². The van der Waals surface area contributed by atoms with Crippen LogP contribution >= 0.6 is 11.3 Å². The number of rotatable bonds is 6. The van der Waals surface area contributed by atoms with Gasteiger partial charge in [-0.25, -0.2) is 0 Å². The number of hydrogen-bond donors (Lipinski definition) is 0. The van der Waals surface area contributed by atoms with Crippen LogP contribution in [0.25, 0.3) is 0 Å². The van der Waals surface area contributed by atoms with Crippen LogP contribution in [-0.4, -0.2) is 48.2 Å². The highest BCUT2D eigenvalue weighted by Crippen LogP contribution is 2.24. The molecule has 1 fully saturated rings. The SMILES string of the molecule is CN1CCN(C(=O)CCCC(=O)c2cccs2)CC1c1ccccc1. The minimum absolute atomic E-state index is 0.142. The minimum atomic E-state index is 0.142. The molecule has 0 aliphatic carbocycles. The highest BCUT2D eigenvalue weighted by atomic mass is 32.1. The van der Waals surface area contributed by atoms with Crippen molar-refractivity contribution in [3.63, 3.8) is 0 Å². The van der Waals surface area contributed by atoms with Crippen molar-refractivity contribution in [1.29, 1.82) is 0 Å². The number of piperazine rings is 1. The third-order valence-electron chi connectivity index (χ3n) is 4.78. The number of Topliss-reactive ketones (excluding diaryl/α,β-unsaturated/α-hetero) is 1. The van der Waals surface area contributed by atoms with Gasteiger partial charge in [0.15, 0.2) is 5.78 Å². The number of ketones is 1. The Hall–Kier alpha value is -1.98. The quantitative estimate of drug-likeness (QED) is 0.742. The van der Waals surface area contributed by atoms with Crippen LogP contribution in [0.1, 0.15) is 40.5 Å². The summed E-state index contributed by atoms with van der Waals surface area (Å²) in [4.78, 5) is 29.6. The van der Waals surface area contributed by atoms with Crippen LogP contribution in [0, 0.1) is 0 Å². The smallest absolute Gasteiger partial charge is 0.222 e. The summed E-state index contributed by atoms with van der Waals surface area (Å²) in [6.07, 6.45) is 1.52. The Morgan fingerprint density at radius 3 is 2.60 bits per heavy atom. The number of benzene rings is 1. The molecule has 1 aromatic carbocycles. The van der Waals surface area contributed by atoms with Gasteiger partial charge < -0.3 is 4.90 Å². The molecule has 0 radical (unpaired) electrons. The van der Waals surface area contributed by atoms with E-state index in [-0.39, 0.29) is 17.7 Å². The average molecular weight is 356 g/mol. The zero-order valence-corrected chi connectivity index (χ0v) is 15.4. The fourth-order valence-corrected chi connectivity index (χ4v) is 3.95. The second-order valence-corrected chi connectivity index (χ2v) is 7.45. The van der Waals surface area contributed by atoms with Crippen LogP contribution in [0.15, 0.2) is 47.8 Å². The van der Waals surface area contributed by atoms with Crippen LogP contribution in [0.5, 0.6) is 0 Å². The van der Waals surface area contributed by atoms with Crippen molar-refractivity contribution in [3.05, 3.63) is 58.3 Å². The van der Waals surface area contributed by atoms with Crippen LogP contribution in [0.2, 0.25) is 0 Å². The molecule has 1 aliphatic heterocycles. The summed E-state index contributed by atoms with van der Waals surface area (Å²) in [5, 5.41) is 1.91. The lowest BCUT2D eigenvalue weighted by atomic mass is 10.0. The van der Waals surface area contributed by atoms with E-state index in [1.165, 1.54) is 16.9 Å². The first-order chi connectivity index (χ1) is 12.1. The number of thiophene rings is 1. The maximum absolute atomic E-state index is 12.5. The number of nitrogens with zero attached hydrogens (tertiary/aromatic N) is 2. The lowest BCUT2D eigenvalue weighted by molar-refractivity contribution is -0.134. The van der Waals surface area contributed by atoms with E-state index in [1.807, 2.05) is 40.6 Å². The van der Waals surface area contributed by atoms with Gasteiger partial charge in [-0.2, -0.15) is 0 Å². The second-order valence-electron chi connectivity index (χ2n) is 6.50. The maximum atomic E-state index is 12.5. The molecule has 0 bridgehead atoms. The Morgan fingerprint density at radius 2 is 1.88 bits per heavy atom. The summed E-state index contributed by atoms with van der Waals surface area (Å²) < 4.78 is 0. The van der Waals surface area contributed by atoms with Gasteiger partial charge in [0, 0.05) is 32.5 Å². The van der Waals surface area contributed by atoms with Crippen LogP contribution < -0.4 is 0 Å². The molecule has 1 unspecified atom stereocenters. The average Bonchev–Trinajstić information content (AvgIpc) is 3.17. The third-order valence-corrected chi connectivity index (χ3v) is 5.69. The van der Waals surface area contributed by atoms with Crippen LogP contribution in [0.4, 0.5) is 0 Å². The Labute approximate surface area is 153 Å². The van der Waals surface area contributed by atoms with Gasteiger partial charge in [-0.1, -0.05) is 36.4 Å². The minimum Gasteiger partial charge on any atom is -0.339 e. The first kappa shape index (κ1) is 17.8. The van der Waals surface area contributed by atoms with Gasteiger partial charge in [0.1, 0.15) is 0 Å². The summed E-state index contributed by atoms with van der Waals surface area (Å²) in [5.74, 6) is 0.302. The molecule has 2 aromatic rings. The Bertz CT molecular complexity index is 700. The molecule has 1 aromatic heterocycles. The molecule has 25 heavy (non-hydrogen) atoms. The van der Waals surface area contributed by atoms with Gasteiger partial charge in [-0.15, -0.1) is 11.3 Å². The molecule has 1 atom stereocenters. The Kier molecular flexibility index (Phi) is 6.00. The highest BCUT2D eigenvalue weighted by molar-refractivity contribution is 7.12. The van der Waals surface area contributed by atoms with Crippen molar-refractivity contribution >= 4 is 23.0 Å². The van der Waals surface area contributed by atoms with Gasteiger partial charge in [0.05, 0.1) is 10.9 Å².